The third-order valence-electron chi connectivity index (χ3n) is 7.03. The highest BCUT2D eigenvalue weighted by atomic mass is 16.5. The molecular weight excluding hydrogens is 448 g/mol. The number of amides is 2. The van der Waals surface area contributed by atoms with Gasteiger partial charge in [-0.05, 0) is 50.8 Å². The maximum atomic E-state index is 13.7. The summed E-state index contributed by atoms with van der Waals surface area (Å²) in [5, 5.41) is 3.20. The lowest BCUT2D eigenvalue weighted by Gasteiger charge is -2.44. The Balaban J connectivity index is 1.61. The molecule has 2 aromatic rings. The van der Waals surface area contributed by atoms with Crippen LogP contribution in [-0.2, 0) is 22.5 Å². The van der Waals surface area contributed by atoms with Crippen molar-refractivity contribution >= 4 is 17.8 Å². The van der Waals surface area contributed by atoms with Gasteiger partial charge in [-0.2, -0.15) is 0 Å². The summed E-state index contributed by atoms with van der Waals surface area (Å²) in [5.41, 5.74) is 0.0225. The van der Waals surface area contributed by atoms with Gasteiger partial charge in [0.25, 0.3) is 5.91 Å². The molecule has 9 nitrogen and oxygen atoms in total. The van der Waals surface area contributed by atoms with E-state index < -0.39 is 17.4 Å². The van der Waals surface area contributed by atoms with Crippen LogP contribution in [0.4, 0.5) is 0 Å². The van der Waals surface area contributed by atoms with Crippen LogP contribution in [0.15, 0.2) is 30.6 Å². The third-order valence-corrected chi connectivity index (χ3v) is 7.03. The monoisotopic (exact) mass is 482 g/mol. The van der Waals surface area contributed by atoms with Crippen LogP contribution in [0.25, 0.3) is 0 Å². The Morgan fingerprint density at radius 2 is 1.89 bits per heavy atom. The van der Waals surface area contributed by atoms with E-state index in [0.29, 0.717) is 19.6 Å². The van der Waals surface area contributed by atoms with E-state index in [2.05, 4.69) is 10.3 Å². The molecule has 2 heterocycles. The van der Waals surface area contributed by atoms with Crippen molar-refractivity contribution in [3.63, 3.8) is 0 Å². The van der Waals surface area contributed by atoms with Crippen LogP contribution in [0.1, 0.15) is 72.5 Å². The number of hydrogen-bond donors (Lipinski definition) is 1. The minimum absolute atomic E-state index is 0.0293. The fraction of sp³-hybridized carbons (Fsp3) is 0.538. The highest BCUT2D eigenvalue weighted by Crippen LogP contribution is 2.30. The maximum Gasteiger partial charge on any atom is 0.359 e. The molecule has 1 aromatic heterocycles. The van der Waals surface area contributed by atoms with Crippen LogP contribution >= 0.6 is 0 Å². The standard InChI is InChI=1S/C26H34N4O5/c1-4-35-20-12-10-18(11-13-20)14-15-30-23(31)22-21(24(32)34-3)27-17-29(22)16-26(30,2)25(33)28-19-8-6-5-7-9-19/h10-13,17,19H,4-9,14-16H2,1-3H3,(H,28,33)/t26-/m1/s1. The number of fused-ring (bicyclic) bond motifs is 1. The first-order valence-electron chi connectivity index (χ1n) is 12.4. The van der Waals surface area contributed by atoms with Gasteiger partial charge in [-0.3, -0.25) is 9.59 Å². The molecule has 1 atom stereocenters. The Morgan fingerprint density at radius 3 is 2.54 bits per heavy atom. The zero-order valence-corrected chi connectivity index (χ0v) is 20.7. The van der Waals surface area contributed by atoms with Crippen LogP contribution in [0, 0.1) is 0 Å². The number of rotatable bonds is 8. The molecule has 35 heavy (non-hydrogen) atoms. The molecule has 2 aliphatic rings. The van der Waals surface area contributed by atoms with Crippen LogP contribution in [-0.4, -0.2) is 64.1 Å². The van der Waals surface area contributed by atoms with E-state index in [1.54, 1.807) is 16.4 Å². The summed E-state index contributed by atoms with van der Waals surface area (Å²) in [6.07, 6.45) is 7.26. The lowest BCUT2D eigenvalue weighted by atomic mass is 9.91. The van der Waals surface area contributed by atoms with Crippen molar-refractivity contribution in [2.45, 2.75) is 70.5 Å². The Hall–Kier alpha value is -3.36. The predicted molar refractivity (Wildman–Crippen MR) is 129 cm³/mol. The van der Waals surface area contributed by atoms with Gasteiger partial charge >= 0.3 is 5.97 Å². The number of methoxy groups -OCH3 is 1. The number of carbonyl (C=O) groups is 3. The Labute approximate surface area is 205 Å². The smallest absolute Gasteiger partial charge is 0.359 e. The van der Waals surface area contributed by atoms with E-state index in [4.69, 9.17) is 9.47 Å². The summed E-state index contributed by atoms with van der Waals surface area (Å²) in [6.45, 7) is 4.84. The molecule has 1 saturated carbocycles. The van der Waals surface area contributed by atoms with E-state index in [9.17, 15) is 14.4 Å². The summed E-state index contributed by atoms with van der Waals surface area (Å²) in [4.78, 5) is 45.4. The lowest BCUT2D eigenvalue weighted by Crippen LogP contribution is -2.65. The Morgan fingerprint density at radius 1 is 1.17 bits per heavy atom. The first kappa shape index (κ1) is 24.8. The van der Waals surface area contributed by atoms with Crippen LogP contribution in [0.3, 0.4) is 0 Å². The van der Waals surface area contributed by atoms with Crippen molar-refractivity contribution < 1.29 is 23.9 Å². The number of nitrogens with zero attached hydrogens (tertiary/aromatic N) is 3. The summed E-state index contributed by atoms with van der Waals surface area (Å²) in [5.74, 6) is -0.466. The number of hydrogen-bond acceptors (Lipinski definition) is 6. The normalized spacial score (nSPS) is 20.3. The number of carbonyl (C=O) groups excluding carboxylic acids is 3. The summed E-state index contributed by atoms with van der Waals surface area (Å²) in [7, 11) is 1.26. The van der Waals surface area contributed by atoms with Crippen LogP contribution in [0.2, 0.25) is 0 Å². The fourth-order valence-electron chi connectivity index (χ4n) is 5.03. The van der Waals surface area contributed by atoms with Crippen LogP contribution in [0.5, 0.6) is 5.75 Å². The minimum atomic E-state index is -1.12. The fourth-order valence-corrected chi connectivity index (χ4v) is 5.03. The second-order valence-corrected chi connectivity index (χ2v) is 9.43. The molecule has 1 aliphatic carbocycles. The van der Waals surface area contributed by atoms with Gasteiger partial charge in [0.05, 0.1) is 26.6 Å². The summed E-state index contributed by atoms with van der Waals surface area (Å²) in [6, 6.07) is 7.84. The van der Waals surface area contributed by atoms with Gasteiger partial charge in [0, 0.05) is 12.6 Å². The molecule has 0 spiro atoms. The van der Waals surface area contributed by atoms with E-state index in [1.807, 2.05) is 31.2 Å². The van der Waals surface area contributed by atoms with E-state index in [0.717, 1.165) is 37.0 Å². The van der Waals surface area contributed by atoms with Crippen molar-refractivity contribution in [1.82, 2.24) is 19.8 Å². The van der Waals surface area contributed by atoms with Gasteiger partial charge < -0.3 is 24.3 Å². The molecule has 2 amide bonds. The summed E-state index contributed by atoms with van der Waals surface area (Å²) < 4.78 is 11.9. The number of esters is 1. The minimum Gasteiger partial charge on any atom is -0.494 e. The van der Waals surface area contributed by atoms with Gasteiger partial charge in [0.1, 0.15) is 17.0 Å². The SMILES string of the molecule is CCOc1ccc(CCN2C(=O)c3c(C(=O)OC)ncn3C[C@]2(C)C(=O)NC2CCCCC2)cc1. The second kappa shape index (κ2) is 10.5. The molecule has 188 valence electrons. The molecule has 1 aliphatic heterocycles. The molecular formula is C26H34N4O5. The quantitative estimate of drug-likeness (QED) is 0.581. The highest BCUT2D eigenvalue weighted by molar-refractivity contribution is 6.06. The molecule has 1 fully saturated rings. The number of ether oxygens (including phenoxy) is 2. The number of aromatic nitrogens is 2. The van der Waals surface area contributed by atoms with Gasteiger partial charge in [-0.15, -0.1) is 0 Å². The molecule has 1 aromatic carbocycles. The molecule has 0 radical (unpaired) electrons. The predicted octanol–water partition coefficient (Wildman–Crippen LogP) is 2.97. The first-order valence-corrected chi connectivity index (χ1v) is 12.4. The van der Waals surface area contributed by atoms with Crippen molar-refractivity contribution in [3.05, 3.63) is 47.5 Å². The van der Waals surface area contributed by atoms with Gasteiger partial charge in [-0.25, -0.2) is 9.78 Å². The van der Waals surface area contributed by atoms with Gasteiger partial charge in [-0.1, -0.05) is 31.4 Å². The Kier molecular flexibility index (Phi) is 7.42. The second-order valence-electron chi connectivity index (χ2n) is 9.43. The Bertz CT molecular complexity index is 1070. The van der Waals surface area contributed by atoms with Crippen molar-refractivity contribution in [1.29, 1.82) is 0 Å². The molecule has 0 unspecified atom stereocenters. The highest BCUT2D eigenvalue weighted by Gasteiger charge is 2.49. The van der Waals surface area contributed by atoms with Crippen molar-refractivity contribution in [2.24, 2.45) is 0 Å². The lowest BCUT2D eigenvalue weighted by molar-refractivity contribution is -0.133. The van der Waals surface area contributed by atoms with Crippen molar-refractivity contribution in [2.75, 3.05) is 20.3 Å². The molecule has 4 rings (SSSR count). The molecule has 0 bridgehead atoms. The first-order chi connectivity index (χ1) is 16.9. The zero-order chi connectivity index (χ0) is 25.0. The van der Waals surface area contributed by atoms with Crippen LogP contribution < -0.4 is 10.1 Å². The van der Waals surface area contributed by atoms with Gasteiger partial charge in [0.15, 0.2) is 5.69 Å². The topological polar surface area (TPSA) is 103 Å². The number of benzene rings is 1. The van der Waals surface area contributed by atoms with E-state index in [1.165, 1.54) is 19.9 Å². The number of nitrogens with one attached hydrogen (secondary N) is 1. The zero-order valence-electron chi connectivity index (χ0n) is 20.7. The van der Waals surface area contributed by atoms with E-state index in [-0.39, 0.29) is 29.9 Å². The largest absolute Gasteiger partial charge is 0.494 e. The summed E-state index contributed by atoms with van der Waals surface area (Å²) >= 11 is 0. The molecule has 0 saturated heterocycles. The molecule has 9 heteroatoms. The maximum absolute atomic E-state index is 13.7. The van der Waals surface area contributed by atoms with Gasteiger partial charge in [0.2, 0.25) is 5.91 Å². The molecule has 1 N–H and O–H groups in total. The van der Waals surface area contributed by atoms with Crippen molar-refractivity contribution in [3.8, 4) is 5.75 Å². The average molecular weight is 483 g/mol. The average Bonchev–Trinajstić information content (AvgIpc) is 3.29. The van der Waals surface area contributed by atoms with E-state index >= 15 is 0 Å². The third kappa shape index (κ3) is 5.04. The number of imidazole rings is 1.